The average molecular weight is 354 g/mol. The molecule has 7 heteroatoms. The topological polar surface area (TPSA) is 63.2 Å². The summed E-state index contributed by atoms with van der Waals surface area (Å²) in [7, 11) is 1.64. The normalized spacial score (nSPS) is 17.2. The van der Waals surface area contributed by atoms with Gasteiger partial charge in [0.05, 0.1) is 18.7 Å². The van der Waals surface area contributed by atoms with Crippen LogP contribution in [0, 0.1) is 5.92 Å². The predicted molar refractivity (Wildman–Crippen MR) is 95.6 cm³/mol. The fourth-order valence-corrected chi connectivity index (χ4v) is 3.31. The van der Waals surface area contributed by atoms with E-state index in [0.29, 0.717) is 5.13 Å². The summed E-state index contributed by atoms with van der Waals surface area (Å²) in [6.45, 7) is 1.75. The smallest absolute Gasteiger partial charge is 0.230 e. The second-order valence-corrected chi connectivity index (χ2v) is 6.13. The third-order valence-electron chi connectivity index (χ3n) is 3.78. The minimum atomic E-state index is 0. The van der Waals surface area contributed by atoms with Gasteiger partial charge in [-0.3, -0.25) is 4.79 Å². The molecule has 23 heavy (non-hydrogen) atoms. The lowest BCUT2D eigenvalue weighted by Gasteiger charge is -2.21. The molecule has 0 bridgehead atoms. The monoisotopic (exact) mass is 353 g/mol. The van der Waals surface area contributed by atoms with Crippen molar-refractivity contribution in [3.05, 3.63) is 29.6 Å². The van der Waals surface area contributed by atoms with E-state index in [1.807, 2.05) is 29.6 Å². The lowest BCUT2D eigenvalue weighted by Crippen LogP contribution is -2.37. The number of halogens is 1. The molecule has 1 aromatic carbocycles. The minimum absolute atomic E-state index is 0. The number of carbonyl (C=O) groups excluding carboxylic acids is 1. The maximum Gasteiger partial charge on any atom is 0.230 e. The van der Waals surface area contributed by atoms with Gasteiger partial charge in [0.15, 0.2) is 5.13 Å². The van der Waals surface area contributed by atoms with Crippen molar-refractivity contribution in [1.82, 2.24) is 10.3 Å². The largest absolute Gasteiger partial charge is 0.496 e. The van der Waals surface area contributed by atoms with Crippen LogP contribution in [0.3, 0.4) is 0 Å². The van der Waals surface area contributed by atoms with E-state index in [0.717, 1.165) is 42.9 Å². The summed E-state index contributed by atoms with van der Waals surface area (Å²) in [4.78, 5) is 16.7. The summed E-state index contributed by atoms with van der Waals surface area (Å²) in [5, 5.41) is 8.75. The van der Waals surface area contributed by atoms with Crippen molar-refractivity contribution in [3.63, 3.8) is 0 Å². The second-order valence-electron chi connectivity index (χ2n) is 5.27. The Morgan fingerprint density at radius 2 is 2.26 bits per heavy atom. The van der Waals surface area contributed by atoms with Crippen LogP contribution in [0.25, 0.3) is 11.3 Å². The van der Waals surface area contributed by atoms with Gasteiger partial charge in [0.1, 0.15) is 5.75 Å². The summed E-state index contributed by atoms with van der Waals surface area (Å²) in [6.07, 6.45) is 1.98. The molecule has 1 aliphatic heterocycles. The minimum Gasteiger partial charge on any atom is -0.496 e. The van der Waals surface area contributed by atoms with Crippen molar-refractivity contribution in [2.45, 2.75) is 12.8 Å². The van der Waals surface area contributed by atoms with Crippen LogP contribution < -0.4 is 15.4 Å². The first-order chi connectivity index (χ1) is 10.8. The van der Waals surface area contributed by atoms with E-state index < -0.39 is 0 Å². The average Bonchev–Trinajstić information content (AvgIpc) is 3.04. The number of anilines is 1. The molecule has 1 amide bonds. The zero-order valence-electron chi connectivity index (χ0n) is 12.9. The SMILES string of the molecule is COc1ccccc1-c1csc(NC(=O)C2CCCNC2)n1.Cl. The number of benzene rings is 1. The molecule has 124 valence electrons. The molecule has 5 nitrogen and oxygen atoms in total. The number of ether oxygens (including phenoxy) is 1. The van der Waals surface area contributed by atoms with E-state index in [9.17, 15) is 4.79 Å². The molecule has 3 rings (SSSR count). The first-order valence-electron chi connectivity index (χ1n) is 7.38. The van der Waals surface area contributed by atoms with Gasteiger partial charge in [-0.15, -0.1) is 23.7 Å². The van der Waals surface area contributed by atoms with Crippen molar-refractivity contribution in [3.8, 4) is 17.0 Å². The molecule has 0 radical (unpaired) electrons. The Kier molecular flexibility index (Phi) is 6.38. The van der Waals surface area contributed by atoms with E-state index >= 15 is 0 Å². The van der Waals surface area contributed by atoms with Crippen LogP contribution in [0.4, 0.5) is 5.13 Å². The van der Waals surface area contributed by atoms with Gasteiger partial charge in [0.2, 0.25) is 5.91 Å². The Bertz CT molecular complexity index is 656. The summed E-state index contributed by atoms with van der Waals surface area (Å²) in [6, 6.07) is 7.74. The van der Waals surface area contributed by atoms with Crippen molar-refractivity contribution in [2.75, 3.05) is 25.5 Å². The van der Waals surface area contributed by atoms with Gasteiger partial charge < -0.3 is 15.4 Å². The number of rotatable bonds is 4. The molecule has 1 unspecified atom stereocenters. The van der Waals surface area contributed by atoms with Crippen LogP contribution in [0.2, 0.25) is 0 Å². The van der Waals surface area contributed by atoms with Crippen LogP contribution >= 0.6 is 23.7 Å². The fourth-order valence-electron chi connectivity index (χ4n) is 2.59. The molecule has 0 saturated carbocycles. The number of aromatic nitrogens is 1. The van der Waals surface area contributed by atoms with Crippen LogP contribution in [-0.4, -0.2) is 31.1 Å². The number of amides is 1. The molecule has 1 atom stereocenters. The fraction of sp³-hybridized carbons (Fsp3) is 0.375. The number of hydrogen-bond donors (Lipinski definition) is 2. The molecule has 1 saturated heterocycles. The maximum atomic E-state index is 12.2. The van der Waals surface area contributed by atoms with Crippen LogP contribution in [-0.2, 0) is 4.79 Å². The molecule has 0 spiro atoms. The van der Waals surface area contributed by atoms with Crippen molar-refractivity contribution in [2.24, 2.45) is 5.92 Å². The van der Waals surface area contributed by atoms with Gasteiger partial charge in [0.25, 0.3) is 0 Å². The number of para-hydroxylation sites is 1. The van der Waals surface area contributed by atoms with Crippen LogP contribution in [0.1, 0.15) is 12.8 Å². The van der Waals surface area contributed by atoms with Gasteiger partial charge in [-0.25, -0.2) is 4.98 Å². The van der Waals surface area contributed by atoms with Crippen molar-refractivity contribution >= 4 is 34.8 Å². The lowest BCUT2D eigenvalue weighted by atomic mass is 9.99. The van der Waals surface area contributed by atoms with E-state index in [2.05, 4.69) is 15.6 Å². The number of hydrogen-bond acceptors (Lipinski definition) is 5. The van der Waals surface area contributed by atoms with Crippen LogP contribution in [0.15, 0.2) is 29.6 Å². The molecule has 1 aliphatic rings. The third-order valence-corrected chi connectivity index (χ3v) is 4.54. The zero-order valence-corrected chi connectivity index (χ0v) is 14.5. The summed E-state index contributed by atoms with van der Waals surface area (Å²) in [5.41, 5.74) is 1.75. The second kappa shape index (κ2) is 8.29. The van der Waals surface area contributed by atoms with E-state index in [1.54, 1.807) is 7.11 Å². The molecule has 2 aromatic rings. The molecular formula is C16H20ClN3O2S. The van der Waals surface area contributed by atoms with E-state index in [-0.39, 0.29) is 24.2 Å². The highest BCUT2D eigenvalue weighted by molar-refractivity contribution is 7.14. The predicted octanol–water partition coefficient (Wildman–Crippen LogP) is 3.18. The Balaban J connectivity index is 0.00000192. The number of nitrogens with one attached hydrogen (secondary N) is 2. The highest BCUT2D eigenvalue weighted by Crippen LogP contribution is 2.32. The number of carbonyl (C=O) groups is 1. The van der Waals surface area contributed by atoms with E-state index in [4.69, 9.17) is 4.74 Å². The molecule has 0 aliphatic carbocycles. The first kappa shape index (κ1) is 17.7. The highest BCUT2D eigenvalue weighted by Gasteiger charge is 2.21. The quantitative estimate of drug-likeness (QED) is 0.886. The first-order valence-corrected chi connectivity index (χ1v) is 8.26. The number of nitrogens with zero attached hydrogens (tertiary/aromatic N) is 1. The van der Waals surface area contributed by atoms with Crippen LogP contribution in [0.5, 0.6) is 5.75 Å². The van der Waals surface area contributed by atoms with Gasteiger partial charge in [0, 0.05) is 17.5 Å². The Labute approximate surface area is 145 Å². The summed E-state index contributed by atoms with van der Waals surface area (Å²) < 4.78 is 5.35. The van der Waals surface area contributed by atoms with Gasteiger partial charge >= 0.3 is 0 Å². The number of thiazole rings is 1. The zero-order chi connectivity index (χ0) is 15.4. The Hall–Kier alpha value is -1.63. The molecular weight excluding hydrogens is 334 g/mol. The maximum absolute atomic E-state index is 12.2. The number of piperidine rings is 1. The molecule has 2 heterocycles. The Morgan fingerprint density at radius 3 is 3.00 bits per heavy atom. The lowest BCUT2D eigenvalue weighted by molar-refractivity contribution is -0.120. The van der Waals surface area contributed by atoms with E-state index in [1.165, 1.54) is 11.3 Å². The standard InChI is InChI=1S/C16H19N3O2S.ClH/c1-21-14-7-3-2-6-12(14)13-10-22-16(18-13)19-15(20)11-5-4-8-17-9-11;/h2-3,6-7,10-11,17H,4-5,8-9H2,1H3,(H,18,19,20);1H. The van der Waals surface area contributed by atoms with Gasteiger partial charge in [-0.05, 0) is 31.5 Å². The summed E-state index contributed by atoms with van der Waals surface area (Å²) >= 11 is 1.44. The molecule has 1 fully saturated rings. The Morgan fingerprint density at radius 1 is 1.43 bits per heavy atom. The molecule has 2 N–H and O–H groups in total. The molecule has 1 aromatic heterocycles. The van der Waals surface area contributed by atoms with Gasteiger partial charge in [-0.1, -0.05) is 12.1 Å². The van der Waals surface area contributed by atoms with Gasteiger partial charge in [-0.2, -0.15) is 0 Å². The number of methoxy groups -OCH3 is 1. The van der Waals surface area contributed by atoms with Crippen molar-refractivity contribution in [1.29, 1.82) is 0 Å². The van der Waals surface area contributed by atoms with Crippen molar-refractivity contribution < 1.29 is 9.53 Å². The highest BCUT2D eigenvalue weighted by atomic mass is 35.5. The summed E-state index contributed by atoms with van der Waals surface area (Å²) in [5.74, 6) is 0.864. The third kappa shape index (κ3) is 4.22.